The molecular formula is C20H38O5Si. The van der Waals surface area contributed by atoms with Gasteiger partial charge in [-0.25, -0.2) is 0 Å². The fourth-order valence-corrected chi connectivity index (χ4v) is 4.89. The van der Waals surface area contributed by atoms with E-state index in [1.165, 1.54) is 14.2 Å². The number of hydrogen-bond donors (Lipinski definition) is 0. The summed E-state index contributed by atoms with van der Waals surface area (Å²) < 4.78 is 16.3. The Morgan fingerprint density at radius 2 is 1.62 bits per heavy atom. The molecule has 0 bridgehead atoms. The Balaban J connectivity index is 2.63. The molecule has 0 spiro atoms. The minimum absolute atomic E-state index is 0.110. The highest BCUT2D eigenvalue weighted by molar-refractivity contribution is 6.74. The largest absolute Gasteiger partial charge is 0.469 e. The van der Waals surface area contributed by atoms with E-state index in [0.717, 1.165) is 44.9 Å². The molecule has 1 rings (SSSR count). The van der Waals surface area contributed by atoms with E-state index in [1.807, 2.05) is 0 Å². The molecule has 0 aliphatic heterocycles. The first-order chi connectivity index (χ1) is 12.0. The van der Waals surface area contributed by atoms with Crippen molar-refractivity contribution in [1.82, 2.24) is 0 Å². The van der Waals surface area contributed by atoms with Gasteiger partial charge in [0, 0.05) is 12.5 Å². The van der Waals surface area contributed by atoms with Crippen molar-refractivity contribution in [1.29, 1.82) is 0 Å². The summed E-state index contributed by atoms with van der Waals surface area (Å²) >= 11 is 0. The van der Waals surface area contributed by atoms with Crippen molar-refractivity contribution in [3.63, 3.8) is 0 Å². The number of carbonyl (C=O) groups is 2. The van der Waals surface area contributed by atoms with Crippen LogP contribution in [0.1, 0.15) is 72.1 Å². The highest BCUT2D eigenvalue weighted by Crippen LogP contribution is 2.45. The predicted octanol–water partition coefficient (Wildman–Crippen LogP) is 4.84. The van der Waals surface area contributed by atoms with E-state index >= 15 is 0 Å². The smallest absolute Gasteiger partial charge is 0.311 e. The monoisotopic (exact) mass is 386 g/mol. The number of unbranched alkanes of at least 4 members (excludes halogenated alkanes) is 1. The Kier molecular flexibility index (Phi) is 8.33. The Bertz CT molecular complexity index is 473. The van der Waals surface area contributed by atoms with Gasteiger partial charge in [-0.1, -0.05) is 27.2 Å². The van der Waals surface area contributed by atoms with Crippen molar-refractivity contribution < 1.29 is 23.5 Å². The van der Waals surface area contributed by atoms with Crippen LogP contribution in [0.25, 0.3) is 0 Å². The molecule has 0 aromatic heterocycles. The lowest BCUT2D eigenvalue weighted by molar-refractivity contribution is -0.156. The molecule has 1 aliphatic rings. The zero-order valence-electron chi connectivity index (χ0n) is 17.8. The fourth-order valence-electron chi connectivity index (χ4n) is 3.46. The average molecular weight is 387 g/mol. The van der Waals surface area contributed by atoms with Crippen molar-refractivity contribution in [2.75, 3.05) is 14.2 Å². The number of ether oxygens (including phenoxy) is 2. The Morgan fingerprint density at radius 3 is 2.08 bits per heavy atom. The number of esters is 2. The van der Waals surface area contributed by atoms with Crippen molar-refractivity contribution in [2.45, 2.75) is 96.4 Å². The van der Waals surface area contributed by atoms with Crippen LogP contribution in [-0.2, 0) is 23.5 Å². The minimum atomic E-state index is -1.79. The van der Waals surface area contributed by atoms with Gasteiger partial charge in [0.05, 0.1) is 19.6 Å². The molecule has 0 amide bonds. The van der Waals surface area contributed by atoms with Gasteiger partial charge in [0.25, 0.3) is 0 Å². The van der Waals surface area contributed by atoms with Gasteiger partial charge in [-0.15, -0.1) is 0 Å². The summed E-state index contributed by atoms with van der Waals surface area (Å²) in [6.45, 7) is 11.3. The Hall–Kier alpha value is -0.883. The lowest BCUT2D eigenvalue weighted by Crippen LogP contribution is -2.46. The maximum absolute atomic E-state index is 12.5. The molecule has 0 heterocycles. The predicted molar refractivity (Wildman–Crippen MR) is 105 cm³/mol. The summed E-state index contributed by atoms with van der Waals surface area (Å²) in [5, 5.41) is 0.192. The van der Waals surface area contributed by atoms with E-state index in [0.29, 0.717) is 6.42 Å². The second-order valence-electron chi connectivity index (χ2n) is 9.13. The fraction of sp³-hybridized carbons (Fsp3) is 0.900. The third-order valence-corrected chi connectivity index (χ3v) is 10.8. The standard InChI is InChI=1S/C20H38O5Si/c1-19(2,3)26(6,7)25-16-11-14-20(15-12-16,18(22)24-5)13-9-8-10-17(21)23-4/h16H,8-15H2,1-7H3/t16-,20+. The molecule has 5 nitrogen and oxygen atoms in total. The maximum Gasteiger partial charge on any atom is 0.311 e. The maximum atomic E-state index is 12.5. The molecule has 1 fully saturated rings. The van der Waals surface area contributed by atoms with E-state index in [-0.39, 0.29) is 23.1 Å². The number of carbonyl (C=O) groups excluding carboxylic acids is 2. The Morgan fingerprint density at radius 1 is 1.04 bits per heavy atom. The average Bonchev–Trinajstić information content (AvgIpc) is 2.58. The zero-order chi connectivity index (χ0) is 20.0. The zero-order valence-corrected chi connectivity index (χ0v) is 18.8. The van der Waals surface area contributed by atoms with Crippen LogP contribution in [0, 0.1) is 5.41 Å². The molecule has 0 unspecified atom stereocenters. The first kappa shape index (κ1) is 23.2. The second kappa shape index (κ2) is 9.35. The molecule has 0 N–H and O–H groups in total. The quantitative estimate of drug-likeness (QED) is 0.339. The van der Waals surface area contributed by atoms with E-state index in [1.54, 1.807) is 0 Å². The third kappa shape index (κ3) is 6.08. The molecule has 0 aromatic carbocycles. The summed E-state index contributed by atoms with van der Waals surface area (Å²) in [5.41, 5.74) is -0.418. The van der Waals surface area contributed by atoms with Gasteiger partial charge in [-0.3, -0.25) is 9.59 Å². The van der Waals surface area contributed by atoms with Crippen LogP contribution in [0.3, 0.4) is 0 Å². The van der Waals surface area contributed by atoms with Gasteiger partial charge in [-0.2, -0.15) is 0 Å². The van der Waals surface area contributed by atoms with Gasteiger partial charge in [0.15, 0.2) is 8.32 Å². The van der Waals surface area contributed by atoms with Gasteiger partial charge in [-0.05, 0) is 56.7 Å². The molecule has 152 valence electrons. The van der Waals surface area contributed by atoms with Crippen LogP contribution < -0.4 is 0 Å². The number of hydrogen-bond acceptors (Lipinski definition) is 5. The van der Waals surface area contributed by atoms with Crippen LogP contribution >= 0.6 is 0 Å². The minimum Gasteiger partial charge on any atom is -0.469 e. The molecular weight excluding hydrogens is 348 g/mol. The van der Waals surface area contributed by atoms with Crippen LogP contribution in [0.2, 0.25) is 18.1 Å². The molecule has 6 heteroatoms. The SMILES string of the molecule is COC(=O)CCCC[C@]1(C(=O)OC)CC[C@@H](O[Si](C)(C)C(C)(C)C)CC1. The van der Waals surface area contributed by atoms with Gasteiger partial charge in [0.2, 0.25) is 0 Å². The van der Waals surface area contributed by atoms with Crippen LogP contribution in [0.15, 0.2) is 0 Å². The molecule has 0 aromatic rings. The van der Waals surface area contributed by atoms with E-state index < -0.39 is 13.7 Å². The van der Waals surface area contributed by atoms with Crippen molar-refractivity contribution in [2.24, 2.45) is 5.41 Å². The molecule has 0 radical (unpaired) electrons. The lowest BCUT2D eigenvalue weighted by Gasteiger charge is -2.43. The Labute approximate surface area is 160 Å². The molecule has 26 heavy (non-hydrogen) atoms. The third-order valence-electron chi connectivity index (χ3n) is 6.29. The summed E-state index contributed by atoms with van der Waals surface area (Å²) in [7, 11) is 1.08. The van der Waals surface area contributed by atoms with Crippen LogP contribution in [-0.4, -0.2) is 40.6 Å². The summed E-state index contributed by atoms with van der Waals surface area (Å²) in [5.74, 6) is -0.301. The highest BCUT2D eigenvalue weighted by atomic mass is 28.4. The van der Waals surface area contributed by atoms with Crippen molar-refractivity contribution in [3.05, 3.63) is 0 Å². The van der Waals surface area contributed by atoms with Gasteiger partial charge in [0.1, 0.15) is 0 Å². The van der Waals surface area contributed by atoms with Gasteiger partial charge < -0.3 is 13.9 Å². The lowest BCUT2D eigenvalue weighted by atomic mass is 9.70. The molecule has 0 saturated heterocycles. The van der Waals surface area contributed by atoms with E-state index in [9.17, 15) is 9.59 Å². The summed E-state index contributed by atoms with van der Waals surface area (Å²) in [4.78, 5) is 23.7. The highest BCUT2D eigenvalue weighted by Gasteiger charge is 2.45. The van der Waals surface area contributed by atoms with Crippen molar-refractivity contribution in [3.8, 4) is 0 Å². The first-order valence-corrected chi connectivity index (χ1v) is 12.7. The van der Waals surface area contributed by atoms with Crippen molar-refractivity contribution >= 4 is 20.3 Å². The van der Waals surface area contributed by atoms with E-state index in [2.05, 4.69) is 38.6 Å². The van der Waals surface area contributed by atoms with Gasteiger partial charge >= 0.3 is 11.9 Å². The summed E-state index contributed by atoms with van der Waals surface area (Å²) in [6.07, 6.45) is 6.40. The molecule has 0 atom stereocenters. The van der Waals surface area contributed by atoms with E-state index in [4.69, 9.17) is 9.16 Å². The second-order valence-corrected chi connectivity index (χ2v) is 13.9. The number of methoxy groups -OCH3 is 2. The number of rotatable bonds is 8. The summed E-state index contributed by atoms with van der Waals surface area (Å²) in [6, 6.07) is 0. The van der Waals surface area contributed by atoms with Crippen LogP contribution in [0.5, 0.6) is 0 Å². The topological polar surface area (TPSA) is 61.8 Å². The first-order valence-electron chi connectivity index (χ1n) is 9.80. The van der Waals surface area contributed by atoms with Crippen LogP contribution in [0.4, 0.5) is 0 Å². The molecule has 1 aliphatic carbocycles. The molecule has 1 saturated carbocycles. The normalized spacial score (nSPS) is 24.2.